The third-order valence-electron chi connectivity index (χ3n) is 3.90. The van der Waals surface area contributed by atoms with Crippen LogP contribution in [0.1, 0.15) is 19.3 Å². The average Bonchev–Trinajstić information content (AvgIpc) is 2.26. The molecule has 0 aromatic carbocycles. The second-order valence-corrected chi connectivity index (χ2v) is 7.49. The van der Waals surface area contributed by atoms with Gasteiger partial charge in [0.25, 0.3) is 0 Å². The molecule has 1 heterocycles. The lowest BCUT2D eigenvalue weighted by Gasteiger charge is -2.53. The van der Waals surface area contributed by atoms with Gasteiger partial charge in [0.15, 0.2) is 9.84 Å². The summed E-state index contributed by atoms with van der Waals surface area (Å²) in [6.45, 7) is 0. The first-order valence-electron chi connectivity index (χ1n) is 4.83. The summed E-state index contributed by atoms with van der Waals surface area (Å²) in [5.41, 5.74) is 0.0544. The number of fused-ring (bicyclic) bond motifs is 1. The van der Waals surface area contributed by atoms with Crippen LogP contribution in [0.5, 0.6) is 0 Å². The lowest BCUT2D eigenvalue weighted by molar-refractivity contribution is -0.921. The Morgan fingerprint density at radius 3 is 2.31 bits per heavy atom. The van der Waals surface area contributed by atoms with Crippen molar-refractivity contribution in [3.8, 4) is 0 Å². The van der Waals surface area contributed by atoms with Crippen molar-refractivity contribution in [1.82, 2.24) is 0 Å². The predicted molar refractivity (Wildman–Crippen MR) is 52.2 cm³/mol. The quantitative estimate of drug-likeness (QED) is 0.580. The number of hydrogen-bond donors (Lipinski definition) is 0. The van der Waals surface area contributed by atoms with Crippen molar-refractivity contribution in [2.75, 3.05) is 26.9 Å². The molecule has 3 nitrogen and oxygen atoms in total. The first kappa shape index (κ1) is 9.46. The summed E-state index contributed by atoms with van der Waals surface area (Å²) in [4.78, 5) is 0. The van der Waals surface area contributed by atoms with Gasteiger partial charge in [0, 0.05) is 6.42 Å². The van der Waals surface area contributed by atoms with Crippen molar-refractivity contribution < 1.29 is 12.9 Å². The smallest absolute Gasteiger partial charge is 0.165 e. The lowest BCUT2D eigenvalue weighted by Crippen LogP contribution is -2.73. The van der Waals surface area contributed by atoms with Crippen LogP contribution < -0.4 is 0 Å². The average molecular weight is 204 g/mol. The Labute approximate surface area is 80.2 Å². The van der Waals surface area contributed by atoms with E-state index in [9.17, 15) is 8.42 Å². The molecule has 0 amide bonds. The maximum atomic E-state index is 11.5. The molecule has 1 aliphatic heterocycles. The van der Waals surface area contributed by atoms with Crippen LogP contribution in [0, 0.1) is 0 Å². The molecule has 0 aromatic rings. The summed E-state index contributed by atoms with van der Waals surface area (Å²) >= 11 is 0. The van der Waals surface area contributed by atoms with Crippen molar-refractivity contribution >= 4 is 9.84 Å². The van der Waals surface area contributed by atoms with Gasteiger partial charge >= 0.3 is 0 Å². The first-order chi connectivity index (χ1) is 5.80. The van der Waals surface area contributed by atoms with E-state index < -0.39 is 9.84 Å². The zero-order valence-electron chi connectivity index (χ0n) is 8.58. The Morgan fingerprint density at radius 1 is 1.31 bits per heavy atom. The molecule has 2 aliphatic rings. The van der Waals surface area contributed by atoms with Crippen molar-refractivity contribution in [2.45, 2.75) is 30.1 Å². The van der Waals surface area contributed by atoms with Gasteiger partial charge in [-0.15, -0.1) is 0 Å². The molecule has 0 aromatic heterocycles. The fourth-order valence-electron chi connectivity index (χ4n) is 3.01. The molecule has 1 aliphatic carbocycles. The highest BCUT2D eigenvalue weighted by molar-refractivity contribution is 7.93. The summed E-state index contributed by atoms with van der Waals surface area (Å²) in [5, 5.41) is -0.0417. The van der Waals surface area contributed by atoms with Gasteiger partial charge in [0.2, 0.25) is 0 Å². The zero-order chi connectivity index (χ0) is 9.91. The van der Waals surface area contributed by atoms with E-state index in [0.29, 0.717) is 5.75 Å². The van der Waals surface area contributed by atoms with E-state index >= 15 is 0 Å². The van der Waals surface area contributed by atoms with Crippen molar-refractivity contribution in [2.24, 2.45) is 0 Å². The van der Waals surface area contributed by atoms with Gasteiger partial charge in [-0.3, -0.25) is 0 Å². The maximum Gasteiger partial charge on any atom is 0.165 e. The monoisotopic (exact) mass is 204 g/mol. The molecule has 1 saturated heterocycles. The molecule has 0 radical (unpaired) electrons. The minimum absolute atomic E-state index is 0.0417. The maximum absolute atomic E-state index is 11.5. The molecule has 4 heteroatoms. The largest absolute Gasteiger partial charge is 0.324 e. The van der Waals surface area contributed by atoms with E-state index in [4.69, 9.17) is 0 Å². The van der Waals surface area contributed by atoms with E-state index in [1.165, 1.54) is 0 Å². The third-order valence-corrected chi connectivity index (χ3v) is 6.34. The topological polar surface area (TPSA) is 34.1 Å². The standard InChI is InChI=1S/C9H18NO2S/c1-10(2,3)9-6-4-5-8(9)13(11,12)7-9/h8H,4-7H2,1-3H3/q+1. The number of hydrogen-bond acceptors (Lipinski definition) is 2. The number of quaternary nitrogens is 1. The van der Waals surface area contributed by atoms with Crippen LogP contribution in [0.4, 0.5) is 0 Å². The highest BCUT2D eigenvalue weighted by atomic mass is 32.2. The van der Waals surface area contributed by atoms with E-state index in [-0.39, 0.29) is 10.8 Å². The predicted octanol–water partition coefficient (Wildman–Crippen LogP) is 0.412. The van der Waals surface area contributed by atoms with Crippen molar-refractivity contribution in [3.63, 3.8) is 0 Å². The second-order valence-electron chi connectivity index (χ2n) is 5.30. The second kappa shape index (κ2) is 2.28. The number of rotatable bonds is 1. The highest BCUT2D eigenvalue weighted by Gasteiger charge is 2.68. The van der Waals surface area contributed by atoms with Gasteiger partial charge in [-0.25, -0.2) is 8.42 Å². The highest BCUT2D eigenvalue weighted by Crippen LogP contribution is 2.50. The molecule has 0 spiro atoms. The summed E-state index contributed by atoms with van der Waals surface area (Å²) in [7, 11) is 3.64. The third kappa shape index (κ3) is 1.02. The van der Waals surface area contributed by atoms with E-state index in [1.807, 2.05) is 0 Å². The fraction of sp³-hybridized carbons (Fsp3) is 1.00. The molecule has 0 N–H and O–H groups in total. The summed E-state index contributed by atoms with van der Waals surface area (Å²) in [6.07, 6.45) is 3.05. The van der Waals surface area contributed by atoms with Gasteiger partial charge in [0.05, 0.1) is 21.1 Å². The summed E-state index contributed by atoms with van der Waals surface area (Å²) < 4.78 is 23.9. The molecule has 2 fully saturated rings. The summed E-state index contributed by atoms with van der Waals surface area (Å²) in [5.74, 6) is 0.411. The Balaban J connectivity index is 2.38. The molecule has 2 atom stereocenters. The Hall–Kier alpha value is -0.0900. The molecule has 0 bridgehead atoms. The van der Waals surface area contributed by atoms with E-state index in [0.717, 1.165) is 23.7 Å². The van der Waals surface area contributed by atoms with Crippen molar-refractivity contribution in [3.05, 3.63) is 0 Å². The van der Waals surface area contributed by atoms with Crippen LogP contribution in [0.3, 0.4) is 0 Å². The van der Waals surface area contributed by atoms with Crippen LogP contribution in [0.15, 0.2) is 0 Å². The lowest BCUT2D eigenvalue weighted by atomic mass is 9.94. The van der Waals surface area contributed by atoms with Gasteiger partial charge in [0.1, 0.15) is 16.5 Å². The molecule has 1 saturated carbocycles. The van der Waals surface area contributed by atoms with Crippen LogP contribution in [0.2, 0.25) is 0 Å². The zero-order valence-corrected chi connectivity index (χ0v) is 9.39. The molecule has 2 rings (SSSR count). The van der Waals surface area contributed by atoms with Crippen molar-refractivity contribution in [1.29, 1.82) is 0 Å². The van der Waals surface area contributed by atoms with Gasteiger partial charge in [-0.05, 0) is 12.8 Å². The van der Waals surface area contributed by atoms with Gasteiger partial charge < -0.3 is 4.48 Å². The first-order valence-corrected chi connectivity index (χ1v) is 6.54. The minimum Gasteiger partial charge on any atom is -0.324 e. The normalized spacial score (nSPS) is 42.5. The van der Waals surface area contributed by atoms with Gasteiger partial charge in [-0.2, -0.15) is 0 Å². The molecule has 13 heavy (non-hydrogen) atoms. The molecular weight excluding hydrogens is 186 g/mol. The number of sulfone groups is 1. The van der Waals surface area contributed by atoms with E-state index in [1.54, 1.807) is 0 Å². The summed E-state index contributed by atoms with van der Waals surface area (Å²) in [6, 6.07) is 0. The van der Waals surface area contributed by atoms with E-state index in [2.05, 4.69) is 21.1 Å². The van der Waals surface area contributed by atoms with Crippen LogP contribution in [-0.2, 0) is 9.84 Å². The minimum atomic E-state index is -2.72. The van der Waals surface area contributed by atoms with Crippen LogP contribution in [0.25, 0.3) is 0 Å². The SMILES string of the molecule is C[N+](C)(C)C12CCCC1S(=O)(=O)C2. The Morgan fingerprint density at radius 2 is 1.92 bits per heavy atom. The molecule has 76 valence electrons. The van der Waals surface area contributed by atoms with Gasteiger partial charge in [-0.1, -0.05) is 0 Å². The van der Waals surface area contributed by atoms with Crippen LogP contribution in [-0.4, -0.2) is 50.6 Å². The van der Waals surface area contributed by atoms with Crippen LogP contribution >= 0.6 is 0 Å². The number of nitrogens with zero attached hydrogens (tertiary/aromatic N) is 1. The Bertz CT molecular complexity index is 328. The molecular formula is C9H18NO2S+. The fourth-order valence-corrected chi connectivity index (χ4v) is 6.06. The molecule has 2 unspecified atom stereocenters. The Kier molecular flexibility index (Phi) is 1.66.